The zero-order valence-electron chi connectivity index (χ0n) is 12.7. The van der Waals surface area contributed by atoms with E-state index in [2.05, 4.69) is 29.4 Å². The van der Waals surface area contributed by atoms with E-state index in [4.69, 9.17) is 0 Å². The Morgan fingerprint density at radius 1 is 1.40 bits per heavy atom. The first kappa shape index (κ1) is 17.2. The molecular formula is C13H27N3O3S. The van der Waals surface area contributed by atoms with Gasteiger partial charge in [-0.15, -0.1) is 0 Å². The second-order valence-corrected chi connectivity index (χ2v) is 8.12. The third-order valence-electron chi connectivity index (χ3n) is 3.63. The van der Waals surface area contributed by atoms with Crippen LogP contribution in [0.1, 0.15) is 26.7 Å². The number of piperidine rings is 1. The summed E-state index contributed by atoms with van der Waals surface area (Å²) in [5, 5.41) is 5.35. The third-order valence-corrected chi connectivity index (χ3v) is 4.57. The van der Waals surface area contributed by atoms with Gasteiger partial charge in [-0.25, -0.2) is 13.2 Å². The van der Waals surface area contributed by atoms with Crippen molar-refractivity contribution in [2.75, 3.05) is 38.2 Å². The van der Waals surface area contributed by atoms with Gasteiger partial charge in [0.1, 0.15) is 9.84 Å². The van der Waals surface area contributed by atoms with Crippen molar-refractivity contribution in [1.82, 2.24) is 15.5 Å². The molecule has 7 heteroatoms. The number of carbonyl (C=O) groups is 1. The predicted octanol–water partition coefficient (Wildman–Crippen LogP) is 0.451. The van der Waals surface area contributed by atoms with Gasteiger partial charge in [-0.1, -0.05) is 6.92 Å². The summed E-state index contributed by atoms with van der Waals surface area (Å²) >= 11 is 0. The van der Waals surface area contributed by atoms with Crippen LogP contribution in [-0.2, 0) is 9.84 Å². The summed E-state index contributed by atoms with van der Waals surface area (Å²) in [7, 11) is -3.03. The summed E-state index contributed by atoms with van der Waals surface area (Å²) in [5.74, 6) is 0.689. The van der Waals surface area contributed by atoms with Crippen molar-refractivity contribution in [1.29, 1.82) is 0 Å². The molecule has 2 amide bonds. The Kier molecular flexibility index (Phi) is 6.75. The second-order valence-electron chi connectivity index (χ2n) is 5.86. The summed E-state index contributed by atoms with van der Waals surface area (Å²) in [6.07, 6.45) is 3.65. The van der Waals surface area contributed by atoms with Gasteiger partial charge in [-0.05, 0) is 32.2 Å². The molecule has 2 unspecified atom stereocenters. The van der Waals surface area contributed by atoms with Gasteiger partial charge in [0.15, 0.2) is 0 Å². The topological polar surface area (TPSA) is 78.5 Å². The average Bonchev–Trinajstić information content (AvgIpc) is 2.34. The smallest absolute Gasteiger partial charge is 0.314 e. The van der Waals surface area contributed by atoms with Crippen molar-refractivity contribution in [2.45, 2.75) is 32.7 Å². The highest BCUT2D eigenvalue weighted by atomic mass is 32.2. The molecule has 6 nitrogen and oxygen atoms in total. The fraction of sp³-hybridized carbons (Fsp3) is 0.923. The minimum atomic E-state index is -3.03. The molecule has 1 aliphatic rings. The van der Waals surface area contributed by atoms with Crippen LogP contribution in [0, 0.1) is 5.92 Å². The highest BCUT2D eigenvalue weighted by Crippen LogP contribution is 2.17. The Hall–Kier alpha value is -0.820. The zero-order chi connectivity index (χ0) is 15.2. The molecule has 1 rings (SSSR count). The van der Waals surface area contributed by atoms with Crippen LogP contribution in [0.4, 0.5) is 4.79 Å². The van der Waals surface area contributed by atoms with Crippen molar-refractivity contribution >= 4 is 15.9 Å². The molecule has 0 aromatic heterocycles. The molecule has 1 aliphatic heterocycles. The van der Waals surface area contributed by atoms with Crippen molar-refractivity contribution in [3.05, 3.63) is 0 Å². The maximum Gasteiger partial charge on any atom is 0.314 e. The van der Waals surface area contributed by atoms with Crippen LogP contribution in [-0.4, -0.2) is 63.6 Å². The lowest BCUT2D eigenvalue weighted by Crippen LogP contribution is -2.48. The van der Waals surface area contributed by atoms with E-state index in [9.17, 15) is 13.2 Å². The number of hydrogen-bond donors (Lipinski definition) is 2. The SMILES string of the molecule is CC1CCCN(C(C)CNC(=O)NCCS(C)(=O)=O)C1. The van der Waals surface area contributed by atoms with Crippen molar-refractivity contribution in [3.63, 3.8) is 0 Å². The lowest BCUT2D eigenvalue weighted by molar-refractivity contribution is 0.137. The molecule has 0 aliphatic carbocycles. The van der Waals surface area contributed by atoms with E-state index in [0.717, 1.165) is 25.3 Å². The van der Waals surface area contributed by atoms with E-state index in [1.54, 1.807) is 0 Å². The molecule has 2 atom stereocenters. The number of hydrogen-bond acceptors (Lipinski definition) is 4. The summed E-state index contributed by atoms with van der Waals surface area (Å²) < 4.78 is 21.9. The highest BCUT2D eigenvalue weighted by Gasteiger charge is 2.21. The van der Waals surface area contributed by atoms with E-state index in [1.165, 1.54) is 12.8 Å². The minimum absolute atomic E-state index is 0.0282. The molecule has 2 N–H and O–H groups in total. The Morgan fingerprint density at radius 3 is 2.70 bits per heavy atom. The van der Waals surface area contributed by atoms with Crippen LogP contribution in [0.25, 0.3) is 0 Å². The predicted molar refractivity (Wildman–Crippen MR) is 80.5 cm³/mol. The normalized spacial score (nSPS) is 22.2. The summed E-state index contributed by atoms with van der Waals surface area (Å²) in [5.41, 5.74) is 0. The van der Waals surface area contributed by atoms with Gasteiger partial charge in [0.05, 0.1) is 5.75 Å². The van der Waals surface area contributed by atoms with Crippen molar-refractivity contribution < 1.29 is 13.2 Å². The molecule has 118 valence electrons. The second kappa shape index (κ2) is 7.83. The number of amides is 2. The monoisotopic (exact) mass is 305 g/mol. The van der Waals surface area contributed by atoms with E-state index < -0.39 is 9.84 Å². The largest absolute Gasteiger partial charge is 0.337 e. The summed E-state index contributed by atoms with van der Waals surface area (Å²) in [4.78, 5) is 13.9. The van der Waals surface area contributed by atoms with Crippen LogP contribution < -0.4 is 10.6 Å². The number of likely N-dealkylation sites (tertiary alicyclic amines) is 1. The maximum absolute atomic E-state index is 11.5. The molecule has 0 saturated carbocycles. The summed E-state index contributed by atoms with van der Waals surface area (Å²) in [6.45, 7) is 7.26. The minimum Gasteiger partial charge on any atom is -0.337 e. The van der Waals surface area contributed by atoms with Crippen molar-refractivity contribution in [3.8, 4) is 0 Å². The first-order valence-electron chi connectivity index (χ1n) is 7.21. The van der Waals surface area contributed by atoms with Gasteiger partial charge >= 0.3 is 6.03 Å². The fourth-order valence-corrected chi connectivity index (χ4v) is 2.88. The molecule has 0 aromatic carbocycles. The Labute approximate surface area is 122 Å². The quantitative estimate of drug-likeness (QED) is 0.747. The van der Waals surface area contributed by atoms with Crippen LogP contribution in [0.5, 0.6) is 0 Å². The van der Waals surface area contributed by atoms with Crippen LogP contribution in [0.15, 0.2) is 0 Å². The number of rotatable bonds is 6. The Morgan fingerprint density at radius 2 is 2.10 bits per heavy atom. The van der Waals surface area contributed by atoms with Crippen LogP contribution in [0.3, 0.4) is 0 Å². The van der Waals surface area contributed by atoms with Gasteiger partial charge < -0.3 is 10.6 Å². The number of urea groups is 1. The van der Waals surface area contributed by atoms with E-state index >= 15 is 0 Å². The lowest BCUT2D eigenvalue weighted by Gasteiger charge is -2.35. The molecule has 0 aromatic rings. The van der Waals surface area contributed by atoms with Crippen molar-refractivity contribution in [2.24, 2.45) is 5.92 Å². The number of sulfone groups is 1. The molecule has 20 heavy (non-hydrogen) atoms. The molecule has 1 fully saturated rings. The van der Waals surface area contributed by atoms with Gasteiger partial charge in [0, 0.05) is 31.9 Å². The van der Waals surface area contributed by atoms with Gasteiger partial charge in [-0.3, -0.25) is 4.90 Å². The average molecular weight is 305 g/mol. The molecule has 1 heterocycles. The van der Waals surface area contributed by atoms with E-state index in [-0.39, 0.29) is 18.3 Å². The standard InChI is InChI=1S/C13H27N3O3S/c1-11-5-4-7-16(10-11)12(2)9-15-13(17)14-6-8-20(3,18)19/h11-12H,4-10H2,1-3H3,(H2,14,15,17). The first-order chi connectivity index (χ1) is 9.28. The molecule has 0 spiro atoms. The fourth-order valence-electron chi connectivity index (χ4n) is 2.41. The Balaban J connectivity index is 2.19. The molecule has 1 saturated heterocycles. The lowest BCUT2D eigenvalue weighted by atomic mass is 9.99. The van der Waals surface area contributed by atoms with Gasteiger partial charge in [-0.2, -0.15) is 0 Å². The molecule has 0 radical (unpaired) electrons. The molecular weight excluding hydrogens is 278 g/mol. The summed E-state index contributed by atoms with van der Waals surface area (Å²) in [6, 6.07) is 0.00367. The Bertz CT molecular complexity index is 411. The number of nitrogens with zero attached hydrogens (tertiary/aromatic N) is 1. The van der Waals surface area contributed by atoms with Gasteiger partial charge in [0.2, 0.25) is 0 Å². The number of carbonyl (C=O) groups excluding carboxylic acids is 1. The first-order valence-corrected chi connectivity index (χ1v) is 9.27. The van der Waals surface area contributed by atoms with Crippen LogP contribution in [0.2, 0.25) is 0 Å². The number of nitrogens with one attached hydrogen (secondary N) is 2. The third kappa shape index (κ3) is 7.09. The van der Waals surface area contributed by atoms with E-state index in [1.807, 2.05) is 0 Å². The van der Waals surface area contributed by atoms with Gasteiger partial charge in [0.25, 0.3) is 0 Å². The van der Waals surface area contributed by atoms with E-state index in [0.29, 0.717) is 12.6 Å². The molecule has 0 bridgehead atoms. The van der Waals surface area contributed by atoms with Crippen LogP contribution >= 0.6 is 0 Å². The highest BCUT2D eigenvalue weighted by molar-refractivity contribution is 7.90. The zero-order valence-corrected chi connectivity index (χ0v) is 13.5. The maximum atomic E-state index is 11.5.